The molecule has 0 heterocycles. The number of ketones is 1. The van der Waals surface area contributed by atoms with Crippen molar-refractivity contribution in [3.63, 3.8) is 0 Å². The van der Waals surface area contributed by atoms with E-state index in [0.717, 1.165) is 0 Å². The first-order chi connectivity index (χ1) is 5.34. The highest BCUT2D eigenvalue weighted by Gasteiger charge is 2.52. The fourth-order valence-corrected chi connectivity index (χ4v) is 0.328. The molecule has 7 heteroatoms. The van der Waals surface area contributed by atoms with Crippen LogP contribution in [0, 0.1) is 0 Å². The topological polar surface area (TPSA) is 43.4 Å². The Hall–Kier alpha value is -1.14. The molecule has 0 aliphatic heterocycles. The van der Waals surface area contributed by atoms with Crippen LogP contribution in [0.15, 0.2) is 0 Å². The highest BCUT2D eigenvalue weighted by atomic mass is 19.3. The Morgan fingerprint density at radius 1 is 1.33 bits per heavy atom. The van der Waals surface area contributed by atoms with Crippen molar-refractivity contribution in [2.45, 2.75) is 12.3 Å². The van der Waals surface area contributed by atoms with Gasteiger partial charge in [-0.2, -0.15) is 8.78 Å². The average molecular weight is 188 g/mol. The Morgan fingerprint density at radius 2 is 1.75 bits per heavy atom. The van der Waals surface area contributed by atoms with Gasteiger partial charge in [0.05, 0.1) is 7.11 Å². The maximum Gasteiger partial charge on any atom is 0.381 e. The SMILES string of the molecule is COC(=O)C(=O)C(F)(F)C(F)F. The molecule has 12 heavy (non-hydrogen) atoms. The van der Waals surface area contributed by atoms with E-state index in [2.05, 4.69) is 4.74 Å². The van der Waals surface area contributed by atoms with Crippen LogP contribution < -0.4 is 0 Å². The average Bonchev–Trinajstić information content (AvgIpc) is 2.01. The van der Waals surface area contributed by atoms with Gasteiger partial charge in [0.2, 0.25) is 0 Å². The van der Waals surface area contributed by atoms with E-state index in [-0.39, 0.29) is 0 Å². The largest absolute Gasteiger partial charge is 0.463 e. The second-order valence-electron chi connectivity index (χ2n) is 1.74. The molecule has 0 saturated heterocycles. The Morgan fingerprint density at radius 3 is 2.00 bits per heavy atom. The van der Waals surface area contributed by atoms with Crippen LogP contribution in [0.2, 0.25) is 0 Å². The molecule has 70 valence electrons. The minimum Gasteiger partial charge on any atom is -0.463 e. The van der Waals surface area contributed by atoms with Crippen molar-refractivity contribution < 1.29 is 31.9 Å². The Kier molecular flexibility index (Phi) is 3.17. The van der Waals surface area contributed by atoms with Crippen molar-refractivity contribution in [3.8, 4) is 0 Å². The molecule has 0 radical (unpaired) electrons. The number of ether oxygens (including phenoxy) is 1. The zero-order chi connectivity index (χ0) is 9.94. The molecule has 0 N–H and O–H groups in total. The number of Topliss-reactive ketones (excluding diaryl/α,β-unsaturated/α-hetero) is 1. The number of methoxy groups -OCH3 is 1. The minimum atomic E-state index is -4.97. The number of hydrogen-bond donors (Lipinski definition) is 0. The van der Waals surface area contributed by atoms with Gasteiger partial charge in [0.15, 0.2) is 0 Å². The van der Waals surface area contributed by atoms with E-state index in [9.17, 15) is 27.2 Å². The molecule has 0 amide bonds. The molecular formula is C5H4F4O3. The maximum absolute atomic E-state index is 12.0. The Bertz CT molecular complexity index is 201. The van der Waals surface area contributed by atoms with Crippen LogP contribution in [-0.2, 0) is 14.3 Å². The lowest BCUT2D eigenvalue weighted by Crippen LogP contribution is -2.41. The summed E-state index contributed by atoms with van der Waals surface area (Å²) in [6.07, 6.45) is -4.20. The third kappa shape index (κ3) is 1.93. The second kappa shape index (κ2) is 3.51. The third-order valence-electron chi connectivity index (χ3n) is 0.948. The first-order valence-corrected chi connectivity index (χ1v) is 2.62. The molecule has 0 aromatic carbocycles. The van der Waals surface area contributed by atoms with Gasteiger partial charge in [0, 0.05) is 0 Å². The third-order valence-corrected chi connectivity index (χ3v) is 0.948. The highest BCUT2D eigenvalue weighted by molar-refractivity contribution is 6.36. The van der Waals surface area contributed by atoms with Crippen molar-refractivity contribution in [3.05, 3.63) is 0 Å². The zero-order valence-corrected chi connectivity index (χ0v) is 5.81. The summed E-state index contributed by atoms with van der Waals surface area (Å²) in [5.74, 6) is -9.49. The molecular weight excluding hydrogens is 184 g/mol. The fourth-order valence-electron chi connectivity index (χ4n) is 0.328. The summed E-state index contributed by atoms with van der Waals surface area (Å²) in [5.41, 5.74) is 0. The summed E-state index contributed by atoms with van der Waals surface area (Å²) in [5, 5.41) is 0. The molecule has 0 unspecified atom stereocenters. The zero-order valence-electron chi connectivity index (χ0n) is 5.81. The van der Waals surface area contributed by atoms with Crippen molar-refractivity contribution in [2.24, 2.45) is 0 Å². The molecule has 0 saturated carbocycles. The molecule has 0 rings (SSSR count). The molecule has 0 bridgehead atoms. The fraction of sp³-hybridized carbons (Fsp3) is 0.600. The van der Waals surface area contributed by atoms with Crippen LogP contribution in [0.4, 0.5) is 17.6 Å². The lowest BCUT2D eigenvalue weighted by molar-refractivity contribution is -0.179. The number of carbonyl (C=O) groups excluding carboxylic acids is 2. The number of esters is 1. The standard InChI is InChI=1S/C5H4F4O3/c1-12-3(11)2(10)5(8,9)4(6)7/h4H,1H3. The van der Waals surface area contributed by atoms with E-state index >= 15 is 0 Å². The van der Waals surface area contributed by atoms with Gasteiger partial charge in [-0.25, -0.2) is 13.6 Å². The van der Waals surface area contributed by atoms with Crippen LogP contribution in [0.5, 0.6) is 0 Å². The van der Waals surface area contributed by atoms with Gasteiger partial charge in [-0.3, -0.25) is 4.79 Å². The van der Waals surface area contributed by atoms with Gasteiger partial charge in [0.1, 0.15) is 0 Å². The highest BCUT2D eigenvalue weighted by Crippen LogP contribution is 2.23. The van der Waals surface area contributed by atoms with Crippen LogP contribution in [0.1, 0.15) is 0 Å². The molecule has 0 spiro atoms. The Balaban J connectivity index is 4.57. The van der Waals surface area contributed by atoms with Gasteiger partial charge < -0.3 is 4.74 Å². The lowest BCUT2D eigenvalue weighted by Gasteiger charge is -2.10. The van der Waals surface area contributed by atoms with Gasteiger partial charge in [-0.1, -0.05) is 0 Å². The summed E-state index contributed by atoms with van der Waals surface area (Å²) < 4.78 is 50.3. The predicted octanol–water partition coefficient (Wildman–Crippen LogP) is 0.629. The summed E-state index contributed by atoms with van der Waals surface area (Å²) >= 11 is 0. The van der Waals surface area contributed by atoms with Crippen LogP contribution in [0.3, 0.4) is 0 Å². The van der Waals surface area contributed by atoms with Crippen molar-refractivity contribution >= 4 is 11.8 Å². The normalized spacial score (nSPS) is 11.5. The van der Waals surface area contributed by atoms with Crippen LogP contribution >= 0.6 is 0 Å². The van der Waals surface area contributed by atoms with Crippen molar-refractivity contribution in [2.75, 3.05) is 7.11 Å². The summed E-state index contributed by atoms with van der Waals surface area (Å²) in [4.78, 5) is 20.2. The number of alkyl halides is 4. The van der Waals surface area contributed by atoms with Crippen LogP contribution in [-0.4, -0.2) is 31.2 Å². The first kappa shape index (κ1) is 10.9. The van der Waals surface area contributed by atoms with Crippen molar-refractivity contribution in [1.82, 2.24) is 0 Å². The van der Waals surface area contributed by atoms with E-state index in [1.807, 2.05) is 0 Å². The molecule has 0 aromatic heterocycles. The van der Waals surface area contributed by atoms with E-state index < -0.39 is 24.1 Å². The summed E-state index contributed by atoms with van der Waals surface area (Å²) in [7, 11) is 0.641. The minimum absolute atomic E-state index is 0.641. The molecule has 0 aliphatic rings. The van der Waals surface area contributed by atoms with E-state index in [1.165, 1.54) is 0 Å². The van der Waals surface area contributed by atoms with Crippen LogP contribution in [0.25, 0.3) is 0 Å². The van der Waals surface area contributed by atoms with E-state index in [4.69, 9.17) is 0 Å². The van der Waals surface area contributed by atoms with E-state index in [1.54, 1.807) is 0 Å². The second-order valence-corrected chi connectivity index (χ2v) is 1.74. The number of hydrogen-bond acceptors (Lipinski definition) is 3. The van der Waals surface area contributed by atoms with Gasteiger partial charge >= 0.3 is 24.1 Å². The summed E-state index contributed by atoms with van der Waals surface area (Å²) in [6, 6.07) is 0. The molecule has 0 aromatic rings. The van der Waals surface area contributed by atoms with Gasteiger partial charge in [0.25, 0.3) is 0 Å². The summed E-state index contributed by atoms with van der Waals surface area (Å²) in [6.45, 7) is 0. The number of rotatable bonds is 3. The maximum atomic E-state index is 12.0. The molecule has 3 nitrogen and oxygen atoms in total. The molecule has 0 fully saturated rings. The van der Waals surface area contributed by atoms with Gasteiger partial charge in [-0.05, 0) is 0 Å². The van der Waals surface area contributed by atoms with Gasteiger partial charge in [-0.15, -0.1) is 0 Å². The van der Waals surface area contributed by atoms with Crippen molar-refractivity contribution in [1.29, 1.82) is 0 Å². The number of halogens is 4. The monoisotopic (exact) mass is 188 g/mol. The van der Waals surface area contributed by atoms with E-state index in [0.29, 0.717) is 7.11 Å². The predicted molar refractivity (Wildman–Crippen MR) is 28.0 cm³/mol. The smallest absolute Gasteiger partial charge is 0.381 e. The lowest BCUT2D eigenvalue weighted by atomic mass is 10.2. The Labute approximate surface area is 64.3 Å². The number of carbonyl (C=O) groups is 2. The molecule has 0 aliphatic carbocycles. The quantitative estimate of drug-likeness (QED) is 0.370. The molecule has 0 atom stereocenters. The first-order valence-electron chi connectivity index (χ1n) is 2.62.